The molecule has 0 saturated carbocycles. The van der Waals surface area contributed by atoms with E-state index in [2.05, 4.69) is 249 Å². The lowest BCUT2D eigenvalue weighted by Crippen LogP contribution is -2.16. The topological polar surface area (TPSA) is 6.48 Å². The zero-order chi connectivity index (χ0) is 46.0. The molecule has 0 saturated heterocycles. The van der Waals surface area contributed by atoms with Crippen molar-refractivity contribution in [3.8, 4) is 22.3 Å². The van der Waals surface area contributed by atoms with Crippen LogP contribution >= 0.6 is 0 Å². The summed E-state index contributed by atoms with van der Waals surface area (Å²) in [4.78, 5) is 5.15. The van der Waals surface area contributed by atoms with E-state index in [1.165, 1.54) is 122 Å². The lowest BCUT2D eigenvalue weighted by Gasteiger charge is -2.34. The number of nitrogens with zero attached hydrogens (tertiary/aromatic N) is 2. The fraction of sp³-hybridized carbons (Fsp3) is 0.188. The van der Waals surface area contributed by atoms with Crippen molar-refractivity contribution in [2.24, 2.45) is 0 Å². The average Bonchev–Trinajstić information content (AvgIpc) is 3.31. The van der Waals surface area contributed by atoms with E-state index in [4.69, 9.17) is 0 Å². The van der Waals surface area contributed by atoms with E-state index < -0.39 is 0 Å². The predicted molar refractivity (Wildman–Crippen MR) is 287 cm³/mol. The van der Waals surface area contributed by atoms with Crippen LogP contribution in [0.2, 0.25) is 0 Å². The molecule has 0 heterocycles. The average molecular weight is 857 g/mol. The van der Waals surface area contributed by atoms with Crippen molar-refractivity contribution in [1.29, 1.82) is 0 Å². The summed E-state index contributed by atoms with van der Waals surface area (Å²) in [6.07, 6.45) is 0. The van der Waals surface area contributed by atoms with E-state index in [-0.39, 0.29) is 11.8 Å². The molecule has 2 nitrogen and oxygen atoms in total. The van der Waals surface area contributed by atoms with Crippen molar-refractivity contribution in [3.05, 3.63) is 214 Å². The van der Waals surface area contributed by atoms with Gasteiger partial charge in [0.15, 0.2) is 0 Å². The van der Waals surface area contributed by atoms with Gasteiger partial charge in [-0.1, -0.05) is 161 Å². The Balaban J connectivity index is 1.34. The molecule has 0 fully saturated rings. The Bertz CT molecular complexity index is 3200. The molecule has 10 aromatic carbocycles. The van der Waals surface area contributed by atoms with Crippen LogP contribution in [-0.4, -0.2) is 0 Å². The first-order valence-corrected chi connectivity index (χ1v) is 23.7. The Morgan fingerprint density at radius 1 is 0.348 bits per heavy atom. The molecule has 0 aromatic heterocycles. The maximum absolute atomic E-state index is 2.58. The van der Waals surface area contributed by atoms with Crippen LogP contribution in [0.4, 0.5) is 34.1 Å². The summed E-state index contributed by atoms with van der Waals surface area (Å²) in [5, 5.41) is 7.82. The van der Waals surface area contributed by atoms with Crippen LogP contribution in [0.15, 0.2) is 170 Å². The smallest absolute Gasteiger partial charge is 0.0543 e. The molecule has 0 aliphatic carbocycles. The maximum Gasteiger partial charge on any atom is 0.0543 e. The molecular formula is C64H60N2. The highest BCUT2D eigenvalue weighted by molar-refractivity contribution is 6.29. The fourth-order valence-corrected chi connectivity index (χ4v) is 10.9. The number of hydrogen-bond acceptors (Lipinski definition) is 2. The van der Waals surface area contributed by atoms with Crippen LogP contribution < -0.4 is 9.80 Å². The van der Waals surface area contributed by atoms with E-state index in [0.29, 0.717) is 0 Å². The summed E-state index contributed by atoms with van der Waals surface area (Å²) < 4.78 is 0. The molecule has 0 bridgehead atoms. The fourth-order valence-electron chi connectivity index (χ4n) is 10.9. The van der Waals surface area contributed by atoms with Crippen molar-refractivity contribution in [2.75, 3.05) is 9.80 Å². The van der Waals surface area contributed by atoms with Gasteiger partial charge in [-0.05, 0) is 178 Å². The van der Waals surface area contributed by atoms with Gasteiger partial charge in [0.05, 0.1) is 22.7 Å². The molecule has 0 unspecified atom stereocenters. The van der Waals surface area contributed by atoms with Gasteiger partial charge in [0.25, 0.3) is 0 Å². The summed E-state index contributed by atoms with van der Waals surface area (Å²) >= 11 is 0. The highest BCUT2D eigenvalue weighted by Gasteiger charge is 2.29. The predicted octanol–water partition coefficient (Wildman–Crippen LogP) is 19.0. The van der Waals surface area contributed by atoms with Crippen molar-refractivity contribution in [2.45, 2.75) is 81.1 Å². The van der Waals surface area contributed by atoms with Gasteiger partial charge in [-0.2, -0.15) is 0 Å². The molecule has 0 radical (unpaired) electrons. The van der Waals surface area contributed by atoms with Gasteiger partial charge in [0.2, 0.25) is 0 Å². The molecule has 326 valence electrons. The van der Waals surface area contributed by atoms with E-state index >= 15 is 0 Å². The van der Waals surface area contributed by atoms with E-state index in [1.807, 2.05) is 0 Å². The number of aryl methyl sites for hydroxylation is 4. The number of hydrogen-bond donors (Lipinski definition) is 0. The second-order valence-corrected chi connectivity index (χ2v) is 19.2. The Morgan fingerprint density at radius 2 is 0.727 bits per heavy atom. The molecule has 66 heavy (non-hydrogen) atoms. The van der Waals surface area contributed by atoms with Gasteiger partial charge in [0, 0.05) is 22.1 Å². The SMILES string of the molecule is Cc1cccc(N(c2c(C)ccc(-c3ccccc3)c2C)c2cc(C(C)C)c3ccc4c(N(c5cccc(C)c5)c5c(C)ccc(-c6ccccc6)c5C)cc(C(C)C)c5ccc2c3c54)c1. The van der Waals surface area contributed by atoms with Gasteiger partial charge in [-0.3, -0.25) is 0 Å². The number of anilines is 6. The highest BCUT2D eigenvalue weighted by atomic mass is 15.2. The van der Waals surface area contributed by atoms with Crippen LogP contribution in [0.5, 0.6) is 0 Å². The van der Waals surface area contributed by atoms with Crippen molar-refractivity contribution < 1.29 is 0 Å². The zero-order valence-corrected chi connectivity index (χ0v) is 40.2. The Kier molecular flexibility index (Phi) is 11.0. The third-order valence-corrected chi connectivity index (χ3v) is 14.0. The molecule has 0 spiro atoms. The summed E-state index contributed by atoms with van der Waals surface area (Å²) in [6, 6.07) is 63.8. The number of rotatable bonds is 10. The Morgan fingerprint density at radius 3 is 1.09 bits per heavy atom. The zero-order valence-electron chi connectivity index (χ0n) is 40.2. The second-order valence-electron chi connectivity index (χ2n) is 19.2. The van der Waals surface area contributed by atoms with Crippen molar-refractivity contribution in [1.82, 2.24) is 0 Å². The molecule has 0 N–H and O–H groups in total. The summed E-state index contributed by atoms with van der Waals surface area (Å²) in [6.45, 7) is 23.0. The normalized spacial score (nSPS) is 11.8. The van der Waals surface area contributed by atoms with E-state index in [9.17, 15) is 0 Å². The van der Waals surface area contributed by atoms with Crippen molar-refractivity contribution >= 4 is 66.4 Å². The minimum atomic E-state index is 0.282. The summed E-state index contributed by atoms with van der Waals surface area (Å²) in [5.74, 6) is 0.564. The van der Waals surface area contributed by atoms with Gasteiger partial charge in [0.1, 0.15) is 0 Å². The first-order valence-electron chi connectivity index (χ1n) is 23.7. The van der Waals surface area contributed by atoms with Gasteiger partial charge < -0.3 is 9.80 Å². The van der Waals surface area contributed by atoms with Crippen LogP contribution in [-0.2, 0) is 0 Å². The van der Waals surface area contributed by atoms with E-state index in [1.54, 1.807) is 0 Å². The maximum atomic E-state index is 2.58. The quantitative estimate of drug-likeness (QED) is 0.126. The Hall–Kier alpha value is -7.16. The first-order chi connectivity index (χ1) is 31.9. The minimum Gasteiger partial charge on any atom is -0.309 e. The molecule has 0 aliphatic rings. The van der Waals surface area contributed by atoms with Crippen LogP contribution in [0.3, 0.4) is 0 Å². The molecule has 0 amide bonds. The lowest BCUT2D eigenvalue weighted by molar-refractivity contribution is 0.875. The Labute approximate surface area is 392 Å². The summed E-state index contributed by atoms with van der Waals surface area (Å²) in [5.41, 5.74) is 22.3. The lowest BCUT2D eigenvalue weighted by atomic mass is 9.83. The first kappa shape index (κ1) is 42.8. The van der Waals surface area contributed by atoms with Crippen LogP contribution in [0.1, 0.15) is 84.0 Å². The number of benzene rings is 10. The van der Waals surface area contributed by atoms with Crippen molar-refractivity contribution in [3.63, 3.8) is 0 Å². The molecule has 10 aromatic rings. The highest BCUT2D eigenvalue weighted by Crippen LogP contribution is 2.53. The standard InChI is InChI=1S/C64H60N2/c1-39(2)57-37-59(65(49-25-17-19-41(5)35-49)63-43(7)27-29-51(45(63)9)47-21-13-11-14-22-47)55-34-32-54-58(40(3)4)38-60(56-33-31-53(57)61(55)62(54)56)66(50-26-18-20-42(6)36-50)64-44(8)28-30-52(46(64)10)48-23-15-12-16-24-48/h11-40H,1-10H3. The minimum absolute atomic E-state index is 0.282. The molecule has 10 rings (SSSR count). The monoisotopic (exact) mass is 856 g/mol. The molecule has 0 aliphatic heterocycles. The van der Waals surface area contributed by atoms with Crippen LogP contribution in [0, 0.1) is 41.5 Å². The van der Waals surface area contributed by atoms with Gasteiger partial charge >= 0.3 is 0 Å². The molecular weight excluding hydrogens is 797 g/mol. The largest absolute Gasteiger partial charge is 0.309 e. The third kappa shape index (κ3) is 7.20. The van der Waals surface area contributed by atoms with Crippen LogP contribution in [0.25, 0.3) is 54.6 Å². The third-order valence-electron chi connectivity index (χ3n) is 14.0. The van der Waals surface area contributed by atoms with E-state index in [0.717, 1.165) is 11.4 Å². The van der Waals surface area contributed by atoms with Gasteiger partial charge in [-0.25, -0.2) is 0 Å². The molecule has 0 atom stereocenters. The molecule has 2 heteroatoms. The second kappa shape index (κ2) is 17.0. The summed E-state index contributed by atoms with van der Waals surface area (Å²) in [7, 11) is 0. The van der Waals surface area contributed by atoms with Gasteiger partial charge in [-0.15, -0.1) is 0 Å².